The summed E-state index contributed by atoms with van der Waals surface area (Å²) in [5.74, 6) is 0.559. The Morgan fingerprint density at radius 3 is 2.76 bits per heavy atom. The number of piperazine rings is 1. The van der Waals surface area contributed by atoms with Crippen molar-refractivity contribution in [3.63, 3.8) is 0 Å². The largest absolute Gasteiger partial charge is 0.464 e. The number of aromatic amines is 1. The fraction of sp³-hybridized carbons (Fsp3) is 0.375. The van der Waals surface area contributed by atoms with Crippen LogP contribution in [0, 0.1) is 0 Å². The van der Waals surface area contributed by atoms with Gasteiger partial charge in [0.1, 0.15) is 11.5 Å². The van der Waals surface area contributed by atoms with E-state index in [1.807, 2.05) is 18.2 Å². The molecule has 25 heavy (non-hydrogen) atoms. The second-order valence-electron chi connectivity index (χ2n) is 5.66. The van der Waals surface area contributed by atoms with Gasteiger partial charge in [0.15, 0.2) is 5.82 Å². The van der Waals surface area contributed by atoms with Crippen molar-refractivity contribution in [2.45, 2.75) is 0 Å². The number of rotatable bonds is 5. The van der Waals surface area contributed by atoms with Crippen LogP contribution in [-0.2, 0) is 9.53 Å². The SMILES string of the molecule is COC(=O)c1cc(NC(=O)CN2CCN(c3ccccn3)CC2)n[nH]1. The van der Waals surface area contributed by atoms with Gasteiger partial charge in [-0.25, -0.2) is 9.78 Å². The third-order valence-corrected chi connectivity index (χ3v) is 3.96. The average molecular weight is 344 g/mol. The summed E-state index contributed by atoms with van der Waals surface area (Å²) in [5.41, 5.74) is 0.196. The first kappa shape index (κ1) is 16.9. The number of hydrogen-bond acceptors (Lipinski definition) is 7. The van der Waals surface area contributed by atoms with Crippen molar-refractivity contribution in [1.29, 1.82) is 0 Å². The Morgan fingerprint density at radius 2 is 2.08 bits per heavy atom. The second-order valence-corrected chi connectivity index (χ2v) is 5.66. The van der Waals surface area contributed by atoms with Gasteiger partial charge in [0.05, 0.1) is 13.7 Å². The first-order valence-corrected chi connectivity index (χ1v) is 7.97. The number of amides is 1. The number of pyridine rings is 1. The van der Waals surface area contributed by atoms with Crippen LogP contribution in [0.1, 0.15) is 10.5 Å². The number of ether oxygens (including phenoxy) is 1. The van der Waals surface area contributed by atoms with Gasteiger partial charge in [-0.1, -0.05) is 6.07 Å². The highest BCUT2D eigenvalue weighted by molar-refractivity contribution is 5.93. The average Bonchev–Trinajstić information content (AvgIpc) is 3.10. The lowest BCUT2D eigenvalue weighted by Crippen LogP contribution is -2.48. The molecule has 0 radical (unpaired) electrons. The van der Waals surface area contributed by atoms with E-state index in [2.05, 4.69) is 35.0 Å². The first-order chi connectivity index (χ1) is 12.2. The highest BCUT2D eigenvalue weighted by Gasteiger charge is 2.20. The fourth-order valence-corrected chi connectivity index (χ4v) is 2.66. The molecule has 0 bridgehead atoms. The van der Waals surface area contributed by atoms with Gasteiger partial charge < -0.3 is 15.0 Å². The summed E-state index contributed by atoms with van der Waals surface area (Å²) < 4.78 is 4.58. The maximum Gasteiger partial charge on any atom is 0.356 e. The van der Waals surface area contributed by atoms with Crippen LogP contribution in [-0.4, -0.2) is 71.8 Å². The van der Waals surface area contributed by atoms with Crippen molar-refractivity contribution < 1.29 is 14.3 Å². The normalized spacial score (nSPS) is 15.0. The second kappa shape index (κ2) is 7.75. The molecular weight excluding hydrogens is 324 g/mol. The summed E-state index contributed by atoms with van der Waals surface area (Å²) in [6, 6.07) is 7.29. The molecule has 1 aliphatic heterocycles. The Morgan fingerprint density at radius 1 is 1.28 bits per heavy atom. The van der Waals surface area contributed by atoms with Crippen molar-refractivity contribution in [1.82, 2.24) is 20.1 Å². The zero-order chi connectivity index (χ0) is 17.6. The van der Waals surface area contributed by atoms with Crippen LogP contribution in [0.5, 0.6) is 0 Å². The molecule has 1 amide bonds. The van der Waals surface area contributed by atoms with Gasteiger partial charge in [-0.05, 0) is 12.1 Å². The van der Waals surface area contributed by atoms with Crippen molar-refractivity contribution in [3.05, 3.63) is 36.2 Å². The van der Waals surface area contributed by atoms with Gasteiger partial charge in [-0.15, -0.1) is 0 Å². The van der Waals surface area contributed by atoms with E-state index < -0.39 is 5.97 Å². The van der Waals surface area contributed by atoms with Crippen LogP contribution in [0.4, 0.5) is 11.6 Å². The maximum atomic E-state index is 12.1. The molecule has 0 aliphatic carbocycles. The highest BCUT2D eigenvalue weighted by atomic mass is 16.5. The Kier molecular flexibility index (Phi) is 5.24. The van der Waals surface area contributed by atoms with Crippen LogP contribution in [0.25, 0.3) is 0 Å². The van der Waals surface area contributed by atoms with E-state index in [-0.39, 0.29) is 18.1 Å². The predicted molar refractivity (Wildman–Crippen MR) is 91.4 cm³/mol. The molecule has 132 valence electrons. The highest BCUT2D eigenvalue weighted by Crippen LogP contribution is 2.12. The molecule has 2 N–H and O–H groups in total. The van der Waals surface area contributed by atoms with Crippen molar-refractivity contribution in [3.8, 4) is 0 Å². The van der Waals surface area contributed by atoms with Crippen LogP contribution in [0.3, 0.4) is 0 Å². The number of H-pyrrole nitrogens is 1. The number of anilines is 2. The monoisotopic (exact) mass is 344 g/mol. The third-order valence-electron chi connectivity index (χ3n) is 3.96. The first-order valence-electron chi connectivity index (χ1n) is 7.97. The molecule has 1 saturated heterocycles. The maximum absolute atomic E-state index is 12.1. The number of esters is 1. The van der Waals surface area contributed by atoms with E-state index in [4.69, 9.17) is 0 Å². The standard InChI is InChI=1S/C16H20N6O3/c1-25-16(24)12-10-13(20-19-12)18-15(23)11-21-6-8-22(9-7-21)14-4-2-3-5-17-14/h2-5,10H,6-9,11H2,1H3,(H2,18,19,20,23). The minimum Gasteiger partial charge on any atom is -0.464 e. The van der Waals surface area contributed by atoms with E-state index in [0.717, 1.165) is 32.0 Å². The van der Waals surface area contributed by atoms with Gasteiger partial charge in [0, 0.05) is 38.4 Å². The molecule has 0 spiro atoms. The van der Waals surface area contributed by atoms with Crippen molar-refractivity contribution >= 4 is 23.5 Å². The summed E-state index contributed by atoms with van der Waals surface area (Å²) in [6.45, 7) is 3.46. The van der Waals surface area contributed by atoms with Crippen LogP contribution >= 0.6 is 0 Å². The third kappa shape index (κ3) is 4.32. The summed E-state index contributed by atoms with van der Waals surface area (Å²) in [4.78, 5) is 32.1. The zero-order valence-corrected chi connectivity index (χ0v) is 13.9. The topological polar surface area (TPSA) is 103 Å². The van der Waals surface area contributed by atoms with Crippen LogP contribution in [0.15, 0.2) is 30.5 Å². The van der Waals surface area contributed by atoms with Gasteiger partial charge in [0.2, 0.25) is 5.91 Å². The molecule has 9 nitrogen and oxygen atoms in total. The number of methoxy groups -OCH3 is 1. The number of carbonyl (C=O) groups excluding carboxylic acids is 2. The van der Waals surface area contributed by atoms with Crippen LogP contribution in [0.2, 0.25) is 0 Å². The summed E-state index contributed by atoms with van der Waals surface area (Å²) >= 11 is 0. The lowest BCUT2D eigenvalue weighted by Gasteiger charge is -2.34. The zero-order valence-electron chi connectivity index (χ0n) is 13.9. The number of carbonyl (C=O) groups is 2. The van der Waals surface area contributed by atoms with E-state index in [1.54, 1.807) is 6.20 Å². The molecule has 0 saturated carbocycles. The summed E-state index contributed by atoms with van der Waals surface area (Å²) in [5, 5.41) is 9.07. The smallest absolute Gasteiger partial charge is 0.356 e. The Labute approximate surface area is 145 Å². The van der Waals surface area contributed by atoms with Gasteiger partial charge in [-0.3, -0.25) is 14.8 Å². The molecule has 9 heteroatoms. The molecule has 2 aromatic heterocycles. The number of hydrogen-bond donors (Lipinski definition) is 2. The van der Waals surface area contributed by atoms with Gasteiger partial charge in [0.25, 0.3) is 0 Å². The molecule has 1 aliphatic rings. The molecule has 2 aromatic rings. The lowest BCUT2D eigenvalue weighted by molar-refractivity contribution is -0.117. The Bertz CT molecular complexity index is 724. The summed E-state index contributed by atoms with van der Waals surface area (Å²) in [6.07, 6.45) is 1.78. The number of nitrogens with one attached hydrogen (secondary N) is 2. The predicted octanol–water partition coefficient (Wildman–Crippen LogP) is 0.352. The molecule has 0 unspecified atom stereocenters. The molecule has 3 rings (SSSR count). The van der Waals surface area contributed by atoms with E-state index in [9.17, 15) is 9.59 Å². The quantitative estimate of drug-likeness (QED) is 0.755. The minimum atomic E-state index is -0.529. The van der Waals surface area contributed by atoms with E-state index >= 15 is 0 Å². The van der Waals surface area contributed by atoms with Crippen molar-refractivity contribution in [2.75, 3.05) is 50.1 Å². The summed E-state index contributed by atoms with van der Waals surface area (Å²) in [7, 11) is 1.28. The lowest BCUT2D eigenvalue weighted by atomic mass is 10.3. The molecule has 0 atom stereocenters. The molecule has 3 heterocycles. The fourth-order valence-electron chi connectivity index (χ4n) is 2.66. The minimum absolute atomic E-state index is 0.172. The van der Waals surface area contributed by atoms with E-state index in [0.29, 0.717) is 5.82 Å². The van der Waals surface area contributed by atoms with Crippen LogP contribution < -0.4 is 10.2 Å². The van der Waals surface area contributed by atoms with Gasteiger partial charge in [-0.2, -0.15) is 5.10 Å². The molecule has 1 fully saturated rings. The van der Waals surface area contributed by atoms with Gasteiger partial charge >= 0.3 is 5.97 Å². The Hall–Kier alpha value is -2.94. The van der Waals surface area contributed by atoms with Crippen molar-refractivity contribution in [2.24, 2.45) is 0 Å². The number of aromatic nitrogens is 3. The molecular formula is C16H20N6O3. The Balaban J connectivity index is 1.46. The molecule has 0 aromatic carbocycles. The van der Waals surface area contributed by atoms with E-state index in [1.165, 1.54) is 13.2 Å². The number of nitrogens with zero attached hydrogens (tertiary/aromatic N) is 4.